The minimum Gasteiger partial charge on any atom is -0.323 e. The Morgan fingerprint density at radius 3 is 2.92 bits per heavy atom. The zero-order valence-corrected chi connectivity index (χ0v) is 14.3. The van der Waals surface area contributed by atoms with E-state index in [0.717, 1.165) is 5.69 Å². The average molecular weight is 347 g/mol. The third-order valence-corrected chi connectivity index (χ3v) is 5.25. The monoisotopic (exact) mass is 347 g/mol. The van der Waals surface area contributed by atoms with Gasteiger partial charge in [0, 0.05) is 23.6 Å². The van der Waals surface area contributed by atoms with Gasteiger partial charge in [-0.25, -0.2) is 9.37 Å². The van der Waals surface area contributed by atoms with Crippen LogP contribution in [0.15, 0.2) is 34.2 Å². The first-order chi connectivity index (χ1) is 11.5. The van der Waals surface area contributed by atoms with Crippen LogP contribution in [-0.2, 0) is 17.8 Å². The van der Waals surface area contributed by atoms with E-state index < -0.39 is 11.7 Å². The van der Waals surface area contributed by atoms with Gasteiger partial charge in [-0.3, -0.25) is 14.2 Å². The highest BCUT2D eigenvalue weighted by atomic mass is 32.2. The number of thioether (sulfide) groups is 1. The van der Waals surface area contributed by atoms with Gasteiger partial charge in [-0.05, 0) is 25.5 Å². The average Bonchev–Trinajstić information content (AvgIpc) is 2.57. The van der Waals surface area contributed by atoms with Gasteiger partial charge in [-0.2, -0.15) is 0 Å². The molecule has 1 aromatic heterocycles. The number of carbonyl (C=O) groups excluding carboxylic acids is 1. The van der Waals surface area contributed by atoms with Crippen molar-refractivity contribution in [1.82, 2.24) is 9.55 Å². The van der Waals surface area contributed by atoms with E-state index in [4.69, 9.17) is 0 Å². The topological polar surface area (TPSA) is 64.0 Å². The molecule has 0 bridgehead atoms. The van der Waals surface area contributed by atoms with Crippen LogP contribution in [0.3, 0.4) is 0 Å². The van der Waals surface area contributed by atoms with E-state index in [9.17, 15) is 14.0 Å². The van der Waals surface area contributed by atoms with Crippen molar-refractivity contribution >= 4 is 23.4 Å². The molecular weight excluding hydrogens is 329 g/mol. The maximum Gasteiger partial charge on any atom is 0.257 e. The summed E-state index contributed by atoms with van der Waals surface area (Å²) in [5.41, 5.74) is 1.49. The molecule has 1 aliphatic heterocycles. The molecule has 0 unspecified atom stereocenters. The number of hydrogen-bond acceptors (Lipinski definition) is 4. The lowest BCUT2D eigenvalue weighted by atomic mass is 10.1. The second-order valence-electron chi connectivity index (χ2n) is 5.70. The zero-order valence-electron chi connectivity index (χ0n) is 13.5. The number of rotatable bonds is 3. The SMILES string of the molecule is CCc1c(C)nc2n(c1=O)C[C@@H](C(=O)Nc1ccccc1F)CS2. The molecule has 2 heterocycles. The summed E-state index contributed by atoms with van der Waals surface area (Å²) in [4.78, 5) is 29.5. The molecule has 1 atom stereocenters. The first-order valence-corrected chi connectivity index (χ1v) is 8.78. The molecule has 2 aromatic rings. The molecule has 1 aromatic carbocycles. The van der Waals surface area contributed by atoms with Gasteiger partial charge in [0.25, 0.3) is 5.56 Å². The number of nitrogens with zero attached hydrogens (tertiary/aromatic N) is 2. The molecule has 24 heavy (non-hydrogen) atoms. The Morgan fingerprint density at radius 1 is 1.46 bits per heavy atom. The number of benzene rings is 1. The van der Waals surface area contributed by atoms with Crippen LogP contribution in [0.1, 0.15) is 18.2 Å². The third-order valence-electron chi connectivity index (χ3n) is 4.11. The van der Waals surface area contributed by atoms with Crippen molar-refractivity contribution < 1.29 is 9.18 Å². The van der Waals surface area contributed by atoms with E-state index in [1.165, 1.54) is 23.9 Å². The summed E-state index contributed by atoms with van der Waals surface area (Å²) in [5, 5.41) is 3.25. The fourth-order valence-electron chi connectivity index (χ4n) is 2.76. The van der Waals surface area contributed by atoms with Crippen LogP contribution in [0.4, 0.5) is 10.1 Å². The number of fused-ring (bicyclic) bond motifs is 1. The number of aryl methyl sites for hydroxylation is 1. The number of hydrogen-bond donors (Lipinski definition) is 1. The van der Waals surface area contributed by atoms with Gasteiger partial charge in [0.15, 0.2) is 5.16 Å². The van der Waals surface area contributed by atoms with Crippen LogP contribution in [0.2, 0.25) is 0 Å². The van der Waals surface area contributed by atoms with E-state index >= 15 is 0 Å². The number of anilines is 1. The van der Waals surface area contributed by atoms with E-state index in [2.05, 4.69) is 10.3 Å². The summed E-state index contributed by atoms with van der Waals surface area (Å²) in [6, 6.07) is 6.04. The highest BCUT2D eigenvalue weighted by Gasteiger charge is 2.28. The summed E-state index contributed by atoms with van der Waals surface area (Å²) in [7, 11) is 0. The van der Waals surface area contributed by atoms with Crippen LogP contribution in [0.5, 0.6) is 0 Å². The predicted octanol–water partition coefficient (Wildman–Crippen LogP) is 2.61. The van der Waals surface area contributed by atoms with E-state index in [1.807, 2.05) is 13.8 Å². The van der Waals surface area contributed by atoms with E-state index in [0.29, 0.717) is 22.9 Å². The lowest BCUT2D eigenvalue weighted by molar-refractivity contribution is -0.119. The third kappa shape index (κ3) is 3.08. The Kier molecular flexibility index (Phi) is 4.71. The summed E-state index contributed by atoms with van der Waals surface area (Å²) in [5.74, 6) is -0.660. The predicted molar refractivity (Wildman–Crippen MR) is 91.9 cm³/mol. The standard InChI is InChI=1S/C17H18FN3O2S/c1-3-12-10(2)19-17-21(16(12)23)8-11(9-24-17)15(22)20-14-7-5-4-6-13(14)18/h4-7,11H,3,8-9H2,1-2H3,(H,20,22)/t11-/m1/s1. The Balaban J connectivity index is 1.83. The van der Waals surface area contributed by atoms with Gasteiger partial charge in [-0.1, -0.05) is 30.8 Å². The largest absolute Gasteiger partial charge is 0.323 e. The second-order valence-corrected chi connectivity index (χ2v) is 6.69. The molecule has 1 amide bonds. The van der Waals surface area contributed by atoms with Crippen molar-refractivity contribution in [3.05, 3.63) is 51.7 Å². The molecule has 5 nitrogen and oxygen atoms in total. The highest BCUT2D eigenvalue weighted by molar-refractivity contribution is 7.99. The Labute approximate surface area is 143 Å². The maximum atomic E-state index is 13.7. The Bertz CT molecular complexity index is 850. The molecule has 0 fully saturated rings. The quantitative estimate of drug-likeness (QED) is 0.867. The van der Waals surface area contributed by atoms with Gasteiger partial charge < -0.3 is 5.32 Å². The lowest BCUT2D eigenvalue weighted by Crippen LogP contribution is -2.38. The molecule has 7 heteroatoms. The molecule has 0 saturated heterocycles. The summed E-state index contributed by atoms with van der Waals surface area (Å²) in [6.07, 6.45) is 0.606. The van der Waals surface area contributed by atoms with Crippen molar-refractivity contribution in [2.45, 2.75) is 32.0 Å². The highest BCUT2D eigenvalue weighted by Crippen LogP contribution is 2.27. The molecule has 0 saturated carbocycles. The van der Waals surface area contributed by atoms with Gasteiger partial charge >= 0.3 is 0 Å². The molecule has 126 valence electrons. The number of nitrogens with one attached hydrogen (secondary N) is 1. The van der Waals surface area contributed by atoms with E-state index in [1.54, 1.807) is 16.7 Å². The molecule has 0 spiro atoms. The maximum absolute atomic E-state index is 13.7. The van der Waals surface area contributed by atoms with Crippen LogP contribution in [-0.4, -0.2) is 21.2 Å². The number of halogens is 1. The minimum absolute atomic E-state index is 0.0871. The van der Waals surface area contributed by atoms with Crippen LogP contribution < -0.4 is 10.9 Å². The van der Waals surface area contributed by atoms with Crippen molar-refractivity contribution in [2.75, 3.05) is 11.1 Å². The van der Waals surface area contributed by atoms with Crippen molar-refractivity contribution in [2.24, 2.45) is 5.92 Å². The molecule has 1 aliphatic rings. The van der Waals surface area contributed by atoms with Crippen molar-refractivity contribution in [1.29, 1.82) is 0 Å². The number of aromatic nitrogens is 2. The molecule has 3 rings (SSSR count). The molecule has 0 aliphatic carbocycles. The van der Waals surface area contributed by atoms with Crippen LogP contribution >= 0.6 is 11.8 Å². The Morgan fingerprint density at radius 2 is 2.21 bits per heavy atom. The summed E-state index contributed by atoms with van der Waals surface area (Å²) >= 11 is 1.38. The first-order valence-electron chi connectivity index (χ1n) is 7.79. The van der Waals surface area contributed by atoms with Crippen molar-refractivity contribution in [3.8, 4) is 0 Å². The molecule has 0 radical (unpaired) electrons. The van der Waals surface area contributed by atoms with Gasteiger partial charge in [0.2, 0.25) is 5.91 Å². The lowest BCUT2D eigenvalue weighted by Gasteiger charge is -2.25. The number of para-hydroxylation sites is 1. The fraction of sp³-hybridized carbons (Fsp3) is 0.353. The first kappa shape index (κ1) is 16.7. The van der Waals surface area contributed by atoms with Crippen LogP contribution in [0, 0.1) is 18.7 Å². The Hall–Kier alpha value is -2.15. The zero-order chi connectivity index (χ0) is 17.3. The van der Waals surface area contributed by atoms with E-state index in [-0.39, 0.29) is 23.7 Å². The molecule has 1 N–H and O–H groups in total. The minimum atomic E-state index is -0.475. The summed E-state index contributed by atoms with van der Waals surface area (Å²) < 4.78 is 15.2. The fourth-order valence-corrected chi connectivity index (χ4v) is 3.88. The second kappa shape index (κ2) is 6.76. The number of amides is 1. The van der Waals surface area contributed by atoms with Crippen molar-refractivity contribution in [3.63, 3.8) is 0 Å². The normalized spacial score (nSPS) is 16.5. The number of carbonyl (C=O) groups is 1. The summed E-state index contributed by atoms with van der Waals surface area (Å²) in [6.45, 7) is 4.01. The van der Waals surface area contributed by atoms with Crippen LogP contribution in [0.25, 0.3) is 0 Å². The smallest absolute Gasteiger partial charge is 0.257 e. The van der Waals surface area contributed by atoms with Gasteiger partial charge in [0.1, 0.15) is 5.82 Å². The van der Waals surface area contributed by atoms with Gasteiger partial charge in [-0.15, -0.1) is 0 Å². The van der Waals surface area contributed by atoms with Gasteiger partial charge in [0.05, 0.1) is 11.6 Å². The molecular formula is C17H18FN3O2S.